The van der Waals surface area contributed by atoms with Crippen LogP contribution in [0.5, 0.6) is 5.75 Å². The number of rotatable bonds is 10. The third kappa shape index (κ3) is 6.84. The number of carbonyl (C=O) groups excluding carboxylic acids is 3. The van der Waals surface area contributed by atoms with Crippen molar-refractivity contribution in [2.75, 3.05) is 38.1 Å². The smallest absolute Gasteiger partial charge is 0.407 e. The van der Waals surface area contributed by atoms with E-state index in [4.69, 9.17) is 15.6 Å². The normalized spacial score (nSPS) is 14.9. The predicted molar refractivity (Wildman–Crippen MR) is 151 cm³/mol. The van der Waals surface area contributed by atoms with E-state index in [2.05, 4.69) is 17.2 Å². The zero-order valence-corrected chi connectivity index (χ0v) is 22.6. The Morgan fingerprint density at radius 3 is 2.38 bits per heavy atom. The van der Waals surface area contributed by atoms with Crippen molar-refractivity contribution in [2.45, 2.75) is 19.3 Å². The van der Waals surface area contributed by atoms with E-state index < -0.39 is 34.4 Å². The number of imide groups is 1. The number of piperidine rings is 1. The van der Waals surface area contributed by atoms with Gasteiger partial charge in [0.05, 0.1) is 16.1 Å². The molecule has 218 valence electrons. The first-order valence-electron chi connectivity index (χ1n) is 13.2. The van der Waals surface area contributed by atoms with Crippen molar-refractivity contribution in [3.63, 3.8) is 0 Å². The van der Waals surface area contributed by atoms with Crippen molar-refractivity contribution in [2.24, 2.45) is 11.7 Å². The van der Waals surface area contributed by atoms with Crippen LogP contribution < -0.4 is 15.8 Å². The lowest BCUT2D eigenvalue weighted by Gasteiger charge is -2.28. The highest BCUT2D eigenvalue weighted by atomic mass is 16.6. The first kappa shape index (κ1) is 29.6. The number of nitrogens with two attached hydrogens (primary N) is 1. The van der Waals surface area contributed by atoms with Crippen molar-refractivity contribution < 1.29 is 33.9 Å². The lowest BCUT2D eigenvalue weighted by atomic mass is 9.94. The van der Waals surface area contributed by atoms with Gasteiger partial charge in [-0.15, -0.1) is 0 Å². The summed E-state index contributed by atoms with van der Waals surface area (Å²) in [6.45, 7) is 0.909. The fourth-order valence-corrected chi connectivity index (χ4v) is 4.72. The van der Waals surface area contributed by atoms with Gasteiger partial charge in [0.1, 0.15) is 6.61 Å². The maximum Gasteiger partial charge on any atom is 0.407 e. The Kier molecular flexibility index (Phi) is 9.39. The molecule has 0 bridgehead atoms. The Hall–Kier alpha value is -5.38. The van der Waals surface area contributed by atoms with Crippen molar-refractivity contribution >= 4 is 35.2 Å². The second-order valence-corrected chi connectivity index (χ2v) is 9.67. The van der Waals surface area contributed by atoms with Gasteiger partial charge in [-0.3, -0.25) is 29.4 Å². The number of nitrogens with one attached hydrogen (secondary N) is 1. The van der Waals surface area contributed by atoms with Gasteiger partial charge in [-0.25, -0.2) is 4.79 Å². The van der Waals surface area contributed by atoms with Crippen molar-refractivity contribution in [1.82, 2.24) is 9.80 Å². The van der Waals surface area contributed by atoms with E-state index in [1.54, 1.807) is 36.4 Å². The third-order valence-corrected chi connectivity index (χ3v) is 6.99. The zero-order valence-electron chi connectivity index (χ0n) is 22.6. The predicted octanol–water partition coefficient (Wildman–Crippen LogP) is 3.12. The topological polar surface area (TPSA) is 185 Å². The first-order chi connectivity index (χ1) is 20.2. The Morgan fingerprint density at radius 2 is 1.79 bits per heavy atom. The Bertz CT molecular complexity index is 1470. The molecule has 2 heterocycles. The summed E-state index contributed by atoms with van der Waals surface area (Å²) in [6.07, 6.45) is 4.25. The molecule has 0 radical (unpaired) electrons. The molecule has 0 atom stereocenters. The number of ether oxygens (including phenoxy) is 1. The Morgan fingerprint density at radius 1 is 1.12 bits per heavy atom. The molecule has 2 aromatic rings. The number of nitro benzene ring substituents is 1. The number of likely N-dealkylation sites (tertiary alicyclic amines) is 1. The fraction of sp³-hybridized carbons (Fsp3) is 0.310. The lowest BCUT2D eigenvalue weighted by Crippen LogP contribution is -2.37. The highest BCUT2D eigenvalue weighted by Gasteiger charge is 2.34. The van der Waals surface area contributed by atoms with Crippen LogP contribution in [-0.2, 0) is 0 Å². The van der Waals surface area contributed by atoms with Gasteiger partial charge in [0.2, 0.25) is 5.91 Å². The quantitative estimate of drug-likeness (QED) is 0.126. The number of hydrogen-bond acceptors (Lipinski definition) is 8. The highest BCUT2D eigenvalue weighted by molar-refractivity contribution is 6.21. The van der Waals surface area contributed by atoms with E-state index in [1.165, 1.54) is 11.0 Å². The van der Waals surface area contributed by atoms with E-state index in [0.29, 0.717) is 43.5 Å². The Balaban J connectivity index is 1.38. The van der Waals surface area contributed by atoms with Crippen LogP contribution in [0, 0.1) is 27.9 Å². The van der Waals surface area contributed by atoms with E-state index in [9.17, 15) is 29.3 Å². The summed E-state index contributed by atoms with van der Waals surface area (Å²) < 4.78 is 5.70. The average Bonchev–Trinajstić information content (AvgIpc) is 3.21. The molecular formula is C29H29N5O8. The van der Waals surface area contributed by atoms with Crippen molar-refractivity contribution in [1.29, 1.82) is 0 Å². The molecule has 1 fully saturated rings. The number of carboxylic acid groups (broad SMARTS) is 1. The molecule has 1 saturated heterocycles. The third-order valence-electron chi connectivity index (χ3n) is 6.99. The van der Waals surface area contributed by atoms with Gasteiger partial charge in [-0.1, -0.05) is 36.1 Å². The van der Waals surface area contributed by atoms with Gasteiger partial charge in [0.15, 0.2) is 11.4 Å². The monoisotopic (exact) mass is 575 g/mol. The molecule has 4 amide bonds. The minimum absolute atomic E-state index is 0.0100. The molecule has 0 saturated carbocycles. The number of nitrogens with zero attached hydrogens (tertiary/aromatic N) is 3. The van der Waals surface area contributed by atoms with E-state index in [0.717, 1.165) is 11.0 Å². The standard InChI is InChI=1S/C29H29N5O8/c30-26(35)20-17-23(34(40)41)25(24(18-20)42-16-6-3-7-19-10-14-32(15-11-19)29(38)39)31-12-4-5-13-33-27(36)21-8-1-2-9-22(21)28(33)37/h1-2,4-5,8-9,17-19,31H,7,10-16H2,(H2,30,35)(H,38,39)/b5-4+. The fourth-order valence-electron chi connectivity index (χ4n) is 4.72. The molecule has 0 spiro atoms. The number of fused-ring (bicyclic) bond motifs is 1. The van der Waals surface area contributed by atoms with Crippen LogP contribution in [0.1, 0.15) is 50.3 Å². The van der Waals surface area contributed by atoms with Gasteiger partial charge in [-0.05, 0) is 37.0 Å². The van der Waals surface area contributed by atoms with Crippen molar-refractivity contribution in [3.05, 3.63) is 75.4 Å². The number of benzene rings is 2. The molecule has 13 heteroatoms. The van der Waals surface area contributed by atoms with Crippen LogP contribution in [0.2, 0.25) is 0 Å². The van der Waals surface area contributed by atoms with Gasteiger partial charge in [0, 0.05) is 44.2 Å². The largest absolute Gasteiger partial charge is 0.478 e. The SMILES string of the molecule is NC(=O)c1cc(OCC#CCC2CCN(C(=O)O)CC2)c(NC/C=C/CN2C(=O)c3ccccc3C2=O)c([N+](=O)[O-])c1. The number of hydrogen-bond donors (Lipinski definition) is 3. The summed E-state index contributed by atoms with van der Waals surface area (Å²) in [4.78, 5) is 61.5. The van der Waals surface area contributed by atoms with E-state index >= 15 is 0 Å². The summed E-state index contributed by atoms with van der Waals surface area (Å²) in [5.41, 5.74) is 5.53. The minimum Gasteiger partial charge on any atom is -0.478 e. The van der Waals surface area contributed by atoms with Crippen LogP contribution in [0.25, 0.3) is 0 Å². The Labute approximate surface area is 241 Å². The molecule has 13 nitrogen and oxygen atoms in total. The molecule has 0 unspecified atom stereocenters. The summed E-state index contributed by atoms with van der Waals surface area (Å²) in [6, 6.07) is 8.89. The van der Waals surface area contributed by atoms with E-state index in [-0.39, 0.29) is 42.6 Å². The highest BCUT2D eigenvalue weighted by Crippen LogP contribution is 2.36. The molecule has 2 aliphatic rings. The molecule has 0 aliphatic carbocycles. The van der Waals surface area contributed by atoms with Crippen LogP contribution in [0.15, 0.2) is 48.6 Å². The average molecular weight is 576 g/mol. The molecule has 42 heavy (non-hydrogen) atoms. The second kappa shape index (κ2) is 13.3. The molecular weight excluding hydrogens is 546 g/mol. The lowest BCUT2D eigenvalue weighted by molar-refractivity contribution is -0.384. The first-order valence-corrected chi connectivity index (χ1v) is 13.2. The van der Waals surface area contributed by atoms with Gasteiger partial charge < -0.3 is 25.8 Å². The van der Waals surface area contributed by atoms with Crippen LogP contribution in [0.4, 0.5) is 16.2 Å². The summed E-state index contributed by atoms with van der Waals surface area (Å²) in [7, 11) is 0. The molecule has 0 aromatic heterocycles. The molecule has 2 aromatic carbocycles. The van der Waals surface area contributed by atoms with Gasteiger partial charge >= 0.3 is 6.09 Å². The molecule has 4 N–H and O–H groups in total. The zero-order chi connectivity index (χ0) is 30.2. The van der Waals surface area contributed by atoms with Crippen LogP contribution in [0.3, 0.4) is 0 Å². The second-order valence-electron chi connectivity index (χ2n) is 9.67. The number of anilines is 1. The molecule has 2 aliphatic heterocycles. The number of carbonyl (C=O) groups is 4. The van der Waals surface area contributed by atoms with Gasteiger partial charge in [0.25, 0.3) is 17.5 Å². The molecule has 4 rings (SSSR count). The number of amides is 4. The van der Waals surface area contributed by atoms with E-state index in [1.807, 2.05) is 0 Å². The summed E-state index contributed by atoms with van der Waals surface area (Å²) in [5.74, 6) is 4.48. The maximum atomic E-state index is 12.5. The van der Waals surface area contributed by atoms with Gasteiger partial charge in [-0.2, -0.15) is 0 Å². The maximum absolute atomic E-state index is 12.5. The minimum atomic E-state index is -0.928. The van der Waals surface area contributed by atoms with Crippen LogP contribution in [-0.4, -0.2) is 76.4 Å². The van der Waals surface area contributed by atoms with Crippen molar-refractivity contribution in [3.8, 4) is 17.6 Å². The summed E-state index contributed by atoms with van der Waals surface area (Å²) >= 11 is 0. The number of nitro groups is 1. The van der Waals surface area contributed by atoms with Crippen LogP contribution >= 0.6 is 0 Å². The summed E-state index contributed by atoms with van der Waals surface area (Å²) in [5, 5.41) is 23.8. The number of primary amides is 1.